The third-order valence-corrected chi connectivity index (χ3v) is 1.99. The summed E-state index contributed by atoms with van der Waals surface area (Å²) in [5.74, 6) is 1.69. The van der Waals surface area contributed by atoms with Gasteiger partial charge in [0.25, 0.3) is 0 Å². The van der Waals surface area contributed by atoms with Gasteiger partial charge in [-0.2, -0.15) is 0 Å². The van der Waals surface area contributed by atoms with Crippen LogP contribution in [0, 0.1) is 5.92 Å². The molecule has 0 spiro atoms. The zero-order chi connectivity index (χ0) is 8.81. The lowest BCUT2D eigenvalue weighted by Gasteiger charge is -2.09. The molecule has 0 saturated carbocycles. The molecule has 0 aliphatic heterocycles. The third-order valence-electron chi connectivity index (χ3n) is 1.99. The Labute approximate surface area is 74.0 Å². The zero-order valence-electron chi connectivity index (χ0n) is 7.75. The quantitative estimate of drug-likeness (QED) is 0.739. The van der Waals surface area contributed by atoms with Gasteiger partial charge >= 0.3 is 0 Å². The Kier molecular flexibility index (Phi) is 3.58. The van der Waals surface area contributed by atoms with Gasteiger partial charge < -0.3 is 5.32 Å². The van der Waals surface area contributed by atoms with E-state index in [1.807, 2.05) is 18.2 Å². The molecule has 1 rings (SSSR count). The summed E-state index contributed by atoms with van der Waals surface area (Å²) in [6.07, 6.45) is 3.01. The van der Waals surface area contributed by atoms with Crippen molar-refractivity contribution in [1.82, 2.24) is 4.98 Å². The summed E-state index contributed by atoms with van der Waals surface area (Å²) in [6, 6.07) is 5.91. The van der Waals surface area contributed by atoms with E-state index in [2.05, 4.69) is 24.1 Å². The summed E-state index contributed by atoms with van der Waals surface area (Å²) < 4.78 is 0. The van der Waals surface area contributed by atoms with Crippen LogP contribution in [0.2, 0.25) is 0 Å². The molecule has 2 heteroatoms. The first-order valence-corrected chi connectivity index (χ1v) is 4.47. The summed E-state index contributed by atoms with van der Waals surface area (Å²) in [5.41, 5.74) is 0. The van der Waals surface area contributed by atoms with Crippen molar-refractivity contribution in [3.05, 3.63) is 24.4 Å². The highest BCUT2D eigenvalue weighted by Crippen LogP contribution is 2.04. The average Bonchev–Trinajstić information content (AvgIpc) is 2.16. The normalized spacial score (nSPS) is 12.5. The van der Waals surface area contributed by atoms with E-state index in [4.69, 9.17) is 0 Å². The highest BCUT2D eigenvalue weighted by atomic mass is 15.0. The largest absolute Gasteiger partial charge is 0.370 e. The molecule has 1 heterocycles. The average molecular weight is 164 g/mol. The van der Waals surface area contributed by atoms with Crippen molar-refractivity contribution in [2.75, 3.05) is 11.9 Å². The van der Waals surface area contributed by atoms with Crippen molar-refractivity contribution in [2.45, 2.75) is 20.3 Å². The molecule has 0 aromatic carbocycles. The fraction of sp³-hybridized carbons (Fsp3) is 0.500. The molecule has 0 radical (unpaired) electrons. The van der Waals surface area contributed by atoms with Crippen LogP contribution < -0.4 is 5.32 Å². The first kappa shape index (κ1) is 9.04. The molecule has 1 aromatic heterocycles. The minimum atomic E-state index is 0.715. The summed E-state index contributed by atoms with van der Waals surface area (Å²) in [5, 5.41) is 3.28. The topological polar surface area (TPSA) is 24.9 Å². The Morgan fingerprint density at radius 3 is 2.92 bits per heavy atom. The van der Waals surface area contributed by atoms with E-state index < -0.39 is 0 Å². The molecule has 0 amide bonds. The monoisotopic (exact) mass is 164 g/mol. The van der Waals surface area contributed by atoms with Gasteiger partial charge in [-0.05, 0) is 18.1 Å². The van der Waals surface area contributed by atoms with Crippen LogP contribution in [-0.2, 0) is 0 Å². The number of nitrogens with zero attached hydrogens (tertiary/aromatic N) is 1. The molecule has 0 aliphatic rings. The maximum Gasteiger partial charge on any atom is 0.125 e. The van der Waals surface area contributed by atoms with Gasteiger partial charge in [0.15, 0.2) is 0 Å². The Morgan fingerprint density at radius 1 is 1.50 bits per heavy atom. The SMILES string of the molecule is CCC(C)CNc1ccccn1. The summed E-state index contributed by atoms with van der Waals surface area (Å²) in [6.45, 7) is 5.44. The number of nitrogens with one attached hydrogen (secondary N) is 1. The first-order valence-electron chi connectivity index (χ1n) is 4.47. The molecule has 2 nitrogen and oxygen atoms in total. The Morgan fingerprint density at radius 2 is 2.33 bits per heavy atom. The second kappa shape index (κ2) is 4.75. The van der Waals surface area contributed by atoms with Crippen LogP contribution in [0.5, 0.6) is 0 Å². The number of rotatable bonds is 4. The highest BCUT2D eigenvalue weighted by molar-refractivity contribution is 5.32. The zero-order valence-corrected chi connectivity index (χ0v) is 7.75. The van der Waals surface area contributed by atoms with Crippen molar-refractivity contribution in [3.63, 3.8) is 0 Å². The van der Waals surface area contributed by atoms with Gasteiger partial charge in [-0.3, -0.25) is 0 Å². The Hall–Kier alpha value is -1.05. The lowest BCUT2D eigenvalue weighted by Crippen LogP contribution is -2.10. The van der Waals surface area contributed by atoms with Crippen LogP contribution in [0.3, 0.4) is 0 Å². The molecular formula is C10H16N2. The summed E-state index contributed by atoms with van der Waals surface area (Å²) in [4.78, 5) is 4.17. The molecule has 1 aromatic rings. The van der Waals surface area contributed by atoms with E-state index in [9.17, 15) is 0 Å². The first-order chi connectivity index (χ1) is 5.83. The molecule has 66 valence electrons. The van der Waals surface area contributed by atoms with Crippen LogP contribution in [-0.4, -0.2) is 11.5 Å². The van der Waals surface area contributed by atoms with Crippen LogP contribution in [0.1, 0.15) is 20.3 Å². The lowest BCUT2D eigenvalue weighted by atomic mass is 10.1. The minimum Gasteiger partial charge on any atom is -0.370 e. The summed E-state index contributed by atoms with van der Waals surface area (Å²) in [7, 11) is 0. The van der Waals surface area contributed by atoms with E-state index in [0.717, 1.165) is 12.4 Å². The highest BCUT2D eigenvalue weighted by Gasteiger charge is 1.97. The maximum atomic E-state index is 4.17. The molecule has 0 bridgehead atoms. The smallest absolute Gasteiger partial charge is 0.125 e. The number of hydrogen-bond donors (Lipinski definition) is 1. The van der Waals surface area contributed by atoms with Gasteiger partial charge in [-0.25, -0.2) is 4.98 Å². The second-order valence-electron chi connectivity index (χ2n) is 3.11. The van der Waals surface area contributed by atoms with Crippen LogP contribution >= 0.6 is 0 Å². The second-order valence-corrected chi connectivity index (χ2v) is 3.11. The van der Waals surface area contributed by atoms with Crippen molar-refractivity contribution in [2.24, 2.45) is 5.92 Å². The molecule has 1 unspecified atom stereocenters. The number of hydrogen-bond acceptors (Lipinski definition) is 2. The molecule has 12 heavy (non-hydrogen) atoms. The van der Waals surface area contributed by atoms with Crippen LogP contribution in [0.4, 0.5) is 5.82 Å². The molecule has 0 fully saturated rings. The van der Waals surface area contributed by atoms with Crippen molar-refractivity contribution in [3.8, 4) is 0 Å². The van der Waals surface area contributed by atoms with Gasteiger partial charge in [-0.15, -0.1) is 0 Å². The number of pyridine rings is 1. The van der Waals surface area contributed by atoms with Gasteiger partial charge in [0.2, 0.25) is 0 Å². The van der Waals surface area contributed by atoms with Gasteiger partial charge in [0, 0.05) is 12.7 Å². The van der Waals surface area contributed by atoms with Crippen molar-refractivity contribution < 1.29 is 0 Å². The van der Waals surface area contributed by atoms with Gasteiger partial charge in [0.05, 0.1) is 0 Å². The predicted molar refractivity (Wildman–Crippen MR) is 52.2 cm³/mol. The summed E-state index contributed by atoms with van der Waals surface area (Å²) >= 11 is 0. The fourth-order valence-electron chi connectivity index (χ4n) is 0.890. The van der Waals surface area contributed by atoms with E-state index >= 15 is 0 Å². The number of aromatic nitrogens is 1. The van der Waals surface area contributed by atoms with E-state index in [1.54, 1.807) is 6.20 Å². The van der Waals surface area contributed by atoms with Crippen molar-refractivity contribution in [1.29, 1.82) is 0 Å². The number of anilines is 1. The Bertz CT molecular complexity index is 208. The molecule has 1 N–H and O–H groups in total. The predicted octanol–water partition coefficient (Wildman–Crippen LogP) is 2.54. The van der Waals surface area contributed by atoms with Crippen LogP contribution in [0.15, 0.2) is 24.4 Å². The molecule has 0 saturated heterocycles. The van der Waals surface area contributed by atoms with Gasteiger partial charge in [0.1, 0.15) is 5.82 Å². The standard InChI is InChI=1S/C10H16N2/c1-3-9(2)8-12-10-6-4-5-7-11-10/h4-7,9H,3,8H2,1-2H3,(H,11,12). The molecular weight excluding hydrogens is 148 g/mol. The van der Waals surface area contributed by atoms with E-state index in [1.165, 1.54) is 6.42 Å². The molecule has 1 atom stereocenters. The van der Waals surface area contributed by atoms with E-state index in [0.29, 0.717) is 5.92 Å². The third kappa shape index (κ3) is 2.91. The maximum absolute atomic E-state index is 4.17. The fourth-order valence-corrected chi connectivity index (χ4v) is 0.890. The molecule has 0 aliphatic carbocycles. The minimum absolute atomic E-state index is 0.715. The lowest BCUT2D eigenvalue weighted by molar-refractivity contribution is 0.592. The van der Waals surface area contributed by atoms with E-state index in [-0.39, 0.29) is 0 Å². The van der Waals surface area contributed by atoms with Gasteiger partial charge in [-0.1, -0.05) is 26.3 Å². The Balaban J connectivity index is 2.33. The van der Waals surface area contributed by atoms with Crippen molar-refractivity contribution >= 4 is 5.82 Å². The van der Waals surface area contributed by atoms with Crippen LogP contribution in [0.25, 0.3) is 0 Å².